The van der Waals surface area contributed by atoms with E-state index in [0.717, 1.165) is 29.0 Å². The van der Waals surface area contributed by atoms with Gasteiger partial charge in [0.2, 0.25) is 11.8 Å². The number of hydrogen-bond acceptors (Lipinski definition) is 4. The minimum atomic E-state index is -0.547. The molecule has 6 heteroatoms. The van der Waals surface area contributed by atoms with Crippen molar-refractivity contribution >= 4 is 23.2 Å². The van der Waals surface area contributed by atoms with Gasteiger partial charge in [0, 0.05) is 17.9 Å². The molecule has 1 aliphatic heterocycles. The van der Waals surface area contributed by atoms with Crippen LogP contribution < -0.4 is 20.7 Å². The molecule has 0 spiro atoms. The van der Waals surface area contributed by atoms with Gasteiger partial charge in [0.1, 0.15) is 5.75 Å². The minimum absolute atomic E-state index is 0.0250. The number of nitrogens with one attached hydrogen (secondary N) is 1. The molecule has 1 atom stereocenters. The summed E-state index contributed by atoms with van der Waals surface area (Å²) in [6.07, 6.45) is 1.73. The number of hydrogen-bond donors (Lipinski definition) is 2. The molecule has 154 valence electrons. The number of rotatable bonds is 7. The molecular weight excluding hydrogens is 366 g/mol. The van der Waals surface area contributed by atoms with Crippen LogP contribution in [0.3, 0.4) is 0 Å². The van der Waals surface area contributed by atoms with Gasteiger partial charge in [-0.1, -0.05) is 32.0 Å². The molecule has 3 rings (SSSR count). The van der Waals surface area contributed by atoms with Crippen LogP contribution in [0.1, 0.15) is 31.4 Å². The average Bonchev–Trinajstić information content (AvgIpc) is 3.11. The SMILES string of the molecule is COc1cccc(CC(=O)N2CCc3ccc(NC(=O)[C@@H](N)CC(C)C)cc32)c1. The predicted molar refractivity (Wildman–Crippen MR) is 115 cm³/mol. The lowest BCUT2D eigenvalue weighted by Gasteiger charge is -2.19. The highest BCUT2D eigenvalue weighted by Crippen LogP contribution is 2.31. The summed E-state index contributed by atoms with van der Waals surface area (Å²) in [6.45, 7) is 4.71. The quantitative estimate of drug-likeness (QED) is 0.754. The van der Waals surface area contributed by atoms with Crippen LogP contribution in [0.5, 0.6) is 5.75 Å². The van der Waals surface area contributed by atoms with Crippen molar-refractivity contribution < 1.29 is 14.3 Å². The Bertz CT molecular complexity index is 895. The molecule has 2 aromatic rings. The largest absolute Gasteiger partial charge is 0.497 e. The molecular formula is C23H29N3O3. The molecule has 2 aromatic carbocycles. The number of nitrogens with zero attached hydrogens (tertiary/aromatic N) is 1. The monoisotopic (exact) mass is 395 g/mol. The van der Waals surface area contributed by atoms with Crippen LogP contribution >= 0.6 is 0 Å². The first-order valence-corrected chi connectivity index (χ1v) is 10.00. The van der Waals surface area contributed by atoms with E-state index in [0.29, 0.717) is 31.0 Å². The smallest absolute Gasteiger partial charge is 0.241 e. The van der Waals surface area contributed by atoms with Crippen LogP contribution in [0.15, 0.2) is 42.5 Å². The second-order valence-corrected chi connectivity index (χ2v) is 7.89. The Morgan fingerprint density at radius 1 is 1.21 bits per heavy atom. The molecule has 0 fully saturated rings. The fourth-order valence-corrected chi connectivity index (χ4v) is 3.62. The highest BCUT2D eigenvalue weighted by atomic mass is 16.5. The van der Waals surface area contributed by atoms with Crippen LogP contribution in [0.25, 0.3) is 0 Å². The average molecular weight is 396 g/mol. The van der Waals surface area contributed by atoms with E-state index in [1.54, 1.807) is 12.0 Å². The van der Waals surface area contributed by atoms with E-state index in [1.165, 1.54) is 0 Å². The molecule has 0 radical (unpaired) electrons. The summed E-state index contributed by atoms with van der Waals surface area (Å²) in [7, 11) is 1.61. The van der Waals surface area contributed by atoms with Gasteiger partial charge >= 0.3 is 0 Å². The molecule has 0 saturated carbocycles. The number of ether oxygens (including phenoxy) is 1. The second kappa shape index (κ2) is 9.09. The van der Waals surface area contributed by atoms with Crippen molar-refractivity contribution in [2.24, 2.45) is 11.7 Å². The van der Waals surface area contributed by atoms with E-state index in [9.17, 15) is 9.59 Å². The number of carbonyl (C=O) groups is 2. The third-order valence-corrected chi connectivity index (χ3v) is 5.10. The van der Waals surface area contributed by atoms with Gasteiger partial charge in [-0.2, -0.15) is 0 Å². The number of methoxy groups -OCH3 is 1. The number of fused-ring (bicyclic) bond motifs is 1. The molecule has 0 bridgehead atoms. The minimum Gasteiger partial charge on any atom is -0.497 e. The number of anilines is 2. The first-order chi connectivity index (χ1) is 13.9. The van der Waals surface area contributed by atoms with Crippen LogP contribution in [-0.4, -0.2) is 31.5 Å². The van der Waals surface area contributed by atoms with E-state index >= 15 is 0 Å². The normalized spacial score (nSPS) is 13.9. The molecule has 2 amide bonds. The maximum Gasteiger partial charge on any atom is 0.241 e. The van der Waals surface area contributed by atoms with Gasteiger partial charge in [-0.25, -0.2) is 0 Å². The molecule has 0 aliphatic carbocycles. The van der Waals surface area contributed by atoms with Gasteiger partial charge in [-0.3, -0.25) is 9.59 Å². The Labute approximate surface area is 172 Å². The Morgan fingerprint density at radius 2 is 2.00 bits per heavy atom. The topological polar surface area (TPSA) is 84.7 Å². The van der Waals surface area contributed by atoms with Crippen LogP contribution in [0.4, 0.5) is 11.4 Å². The van der Waals surface area contributed by atoms with Gasteiger partial charge in [0.25, 0.3) is 0 Å². The molecule has 3 N–H and O–H groups in total. The second-order valence-electron chi connectivity index (χ2n) is 7.89. The van der Waals surface area contributed by atoms with Crippen molar-refractivity contribution in [3.8, 4) is 5.75 Å². The Morgan fingerprint density at radius 3 is 2.72 bits per heavy atom. The van der Waals surface area contributed by atoms with Gasteiger partial charge in [-0.15, -0.1) is 0 Å². The molecule has 6 nitrogen and oxygen atoms in total. The third-order valence-electron chi connectivity index (χ3n) is 5.10. The van der Waals surface area contributed by atoms with Crippen LogP contribution in [0, 0.1) is 5.92 Å². The summed E-state index contributed by atoms with van der Waals surface area (Å²) < 4.78 is 5.24. The Hall–Kier alpha value is -2.86. The lowest BCUT2D eigenvalue weighted by Crippen LogP contribution is -2.36. The zero-order valence-corrected chi connectivity index (χ0v) is 17.3. The van der Waals surface area contributed by atoms with Gasteiger partial charge in [0.05, 0.1) is 19.6 Å². The summed E-state index contributed by atoms with van der Waals surface area (Å²) in [5, 5.41) is 2.88. The van der Waals surface area contributed by atoms with E-state index < -0.39 is 6.04 Å². The fourth-order valence-electron chi connectivity index (χ4n) is 3.62. The summed E-state index contributed by atoms with van der Waals surface area (Å²) in [5.41, 5.74) is 9.51. The first kappa shape index (κ1) is 20.9. The number of nitrogens with two attached hydrogens (primary N) is 1. The fraction of sp³-hybridized carbons (Fsp3) is 0.391. The standard InChI is InChI=1S/C23H29N3O3/c1-15(2)11-20(24)23(28)25-18-8-7-17-9-10-26(21(17)14-18)22(27)13-16-5-4-6-19(12-16)29-3/h4-8,12,14-15,20H,9-11,13,24H2,1-3H3,(H,25,28)/t20-/m0/s1. The first-order valence-electron chi connectivity index (χ1n) is 10.00. The summed E-state index contributed by atoms with van der Waals surface area (Å²) in [4.78, 5) is 27.0. The number of benzene rings is 2. The summed E-state index contributed by atoms with van der Waals surface area (Å²) in [5.74, 6) is 0.906. The van der Waals surface area contributed by atoms with Gasteiger partial charge < -0.3 is 20.7 Å². The molecule has 1 aliphatic rings. The lowest BCUT2D eigenvalue weighted by molar-refractivity contribution is -0.118. The molecule has 29 heavy (non-hydrogen) atoms. The van der Waals surface area contributed by atoms with Crippen molar-refractivity contribution in [1.29, 1.82) is 0 Å². The van der Waals surface area contributed by atoms with Crippen molar-refractivity contribution in [3.63, 3.8) is 0 Å². The maximum atomic E-state index is 12.9. The summed E-state index contributed by atoms with van der Waals surface area (Å²) in [6, 6.07) is 12.7. The third kappa shape index (κ3) is 5.15. The number of carbonyl (C=O) groups excluding carboxylic acids is 2. The zero-order chi connectivity index (χ0) is 21.0. The van der Waals surface area contributed by atoms with Crippen molar-refractivity contribution in [2.75, 3.05) is 23.9 Å². The van der Waals surface area contributed by atoms with E-state index in [4.69, 9.17) is 10.5 Å². The highest BCUT2D eigenvalue weighted by Gasteiger charge is 2.25. The van der Waals surface area contributed by atoms with Crippen molar-refractivity contribution in [2.45, 2.75) is 39.2 Å². The molecule has 0 saturated heterocycles. The van der Waals surface area contributed by atoms with Crippen molar-refractivity contribution in [1.82, 2.24) is 0 Å². The van der Waals surface area contributed by atoms with E-state index in [-0.39, 0.29) is 11.8 Å². The Kier molecular flexibility index (Phi) is 6.54. The van der Waals surface area contributed by atoms with Gasteiger partial charge in [-0.05, 0) is 54.2 Å². The highest BCUT2D eigenvalue weighted by molar-refractivity contribution is 5.99. The van der Waals surface area contributed by atoms with Crippen molar-refractivity contribution in [3.05, 3.63) is 53.6 Å². The zero-order valence-electron chi connectivity index (χ0n) is 17.3. The molecule has 1 heterocycles. The van der Waals surface area contributed by atoms with Gasteiger partial charge in [0.15, 0.2) is 0 Å². The Balaban J connectivity index is 1.71. The van der Waals surface area contributed by atoms with E-state index in [2.05, 4.69) is 5.32 Å². The van der Waals surface area contributed by atoms with Crippen LogP contribution in [-0.2, 0) is 22.4 Å². The number of amides is 2. The molecule has 0 aromatic heterocycles. The van der Waals surface area contributed by atoms with Crippen LogP contribution in [0.2, 0.25) is 0 Å². The summed E-state index contributed by atoms with van der Waals surface area (Å²) >= 11 is 0. The molecule has 0 unspecified atom stereocenters. The maximum absolute atomic E-state index is 12.9. The lowest BCUT2D eigenvalue weighted by atomic mass is 10.0. The van der Waals surface area contributed by atoms with E-state index in [1.807, 2.05) is 56.3 Å². The predicted octanol–water partition coefficient (Wildman–Crippen LogP) is 3.14.